The van der Waals surface area contributed by atoms with E-state index in [1.807, 2.05) is 6.92 Å². The van der Waals surface area contributed by atoms with Crippen molar-refractivity contribution < 1.29 is 4.79 Å². The van der Waals surface area contributed by atoms with Crippen LogP contribution < -0.4 is 10.9 Å². The number of halogens is 2. The number of rotatable bonds is 3. The maximum Gasteiger partial charge on any atom is 0.269 e. The van der Waals surface area contributed by atoms with Crippen LogP contribution in [0.5, 0.6) is 0 Å². The van der Waals surface area contributed by atoms with Gasteiger partial charge in [-0.15, -0.1) is 0 Å². The van der Waals surface area contributed by atoms with E-state index in [2.05, 4.69) is 26.2 Å². The number of hydrogen-bond acceptors (Lipinski definition) is 3. The number of amides is 1. The van der Waals surface area contributed by atoms with E-state index in [-0.39, 0.29) is 21.1 Å². The van der Waals surface area contributed by atoms with Crippen molar-refractivity contribution >= 4 is 33.4 Å². The Morgan fingerprint density at radius 1 is 1.75 bits per heavy atom. The van der Waals surface area contributed by atoms with Crippen molar-refractivity contribution in [2.45, 2.75) is 19.9 Å². The molecule has 1 aromatic heterocycles. The molecule has 0 radical (unpaired) electrons. The molecule has 0 saturated carbocycles. The van der Waals surface area contributed by atoms with E-state index < -0.39 is 6.04 Å². The fourth-order valence-electron chi connectivity index (χ4n) is 1.15. The zero-order chi connectivity index (χ0) is 12.3. The van der Waals surface area contributed by atoms with Gasteiger partial charge in [0.25, 0.3) is 5.56 Å². The van der Waals surface area contributed by atoms with Crippen molar-refractivity contribution in [3.05, 3.63) is 26.3 Å². The first-order valence-electron chi connectivity index (χ1n) is 4.68. The Labute approximate surface area is 106 Å². The largest absolute Gasteiger partial charge is 0.355 e. The Hall–Kier alpha value is -0.880. The third-order valence-electron chi connectivity index (χ3n) is 2.05. The summed E-state index contributed by atoms with van der Waals surface area (Å²) < 4.78 is 1.38. The average molecular weight is 309 g/mol. The first-order chi connectivity index (χ1) is 7.49. The zero-order valence-corrected chi connectivity index (χ0v) is 11.2. The predicted octanol–water partition coefficient (Wildman–Crippen LogP) is 1.36. The van der Waals surface area contributed by atoms with Crippen molar-refractivity contribution in [2.24, 2.45) is 0 Å². The number of hydrogen-bond donors (Lipinski definition) is 1. The molecule has 1 rings (SSSR count). The van der Waals surface area contributed by atoms with E-state index in [4.69, 9.17) is 11.6 Å². The molecule has 0 aromatic carbocycles. The smallest absolute Gasteiger partial charge is 0.269 e. The highest BCUT2D eigenvalue weighted by molar-refractivity contribution is 9.10. The molecule has 0 aliphatic carbocycles. The Balaban J connectivity index is 3.10. The van der Waals surface area contributed by atoms with Gasteiger partial charge in [0.15, 0.2) is 5.15 Å². The summed E-state index contributed by atoms with van der Waals surface area (Å²) in [5, 5.41) is 2.72. The monoisotopic (exact) mass is 307 g/mol. The molecule has 1 aromatic rings. The Morgan fingerprint density at radius 2 is 2.38 bits per heavy atom. The molecule has 0 saturated heterocycles. The standard InChI is InChI=1S/C9H11BrClN3O2/c1-3-12-8(15)5(2)14-4-13-7(11)6(10)9(14)16/h4-5H,3H2,1-2H3,(H,12,15). The highest BCUT2D eigenvalue weighted by atomic mass is 79.9. The number of carbonyl (C=O) groups excluding carboxylic acids is 1. The Morgan fingerprint density at radius 3 is 2.94 bits per heavy atom. The minimum absolute atomic E-state index is 0.0874. The van der Waals surface area contributed by atoms with E-state index in [1.54, 1.807) is 6.92 Å². The normalized spacial score (nSPS) is 12.2. The number of aromatic nitrogens is 2. The summed E-state index contributed by atoms with van der Waals surface area (Å²) in [5.74, 6) is -0.236. The molecule has 7 heteroatoms. The van der Waals surface area contributed by atoms with Crippen LogP contribution in [-0.2, 0) is 4.79 Å². The van der Waals surface area contributed by atoms with Gasteiger partial charge < -0.3 is 5.32 Å². The van der Waals surface area contributed by atoms with Gasteiger partial charge in [-0.1, -0.05) is 11.6 Å². The van der Waals surface area contributed by atoms with Gasteiger partial charge in [-0.2, -0.15) is 0 Å². The lowest BCUT2D eigenvalue weighted by Gasteiger charge is -2.14. The summed E-state index contributed by atoms with van der Waals surface area (Å²) in [4.78, 5) is 27.1. The van der Waals surface area contributed by atoms with Gasteiger partial charge in [0, 0.05) is 6.54 Å². The highest BCUT2D eigenvalue weighted by Crippen LogP contribution is 2.15. The molecule has 5 nitrogen and oxygen atoms in total. The third-order valence-corrected chi connectivity index (χ3v) is 3.28. The molecule has 88 valence electrons. The average Bonchev–Trinajstić information content (AvgIpc) is 2.26. The van der Waals surface area contributed by atoms with Crippen LogP contribution in [0.25, 0.3) is 0 Å². The van der Waals surface area contributed by atoms with Crippen LogP contribution in [0.4, 0.5) is 0 Å². The van der Waals surface area contributed by atoms with Crippen LogP contribution in [0.3, 0.4) is 0 Å². The molecular formula is C9H11BrClN3O2. The number of nitrogens with one attached hydrogen (secondary N) is 1. The molecule has 1 N–H and O–H groups in total. The van der Waals surface area contributed by atoms with Crippen molar-refractivity contribution in [3.8, 4) is 0 Å². The molecule has 1 atom stereocenters. The third kappa shape index (κ3) is 2.62. The minimum atomic E-state index is -0.617. The topological polar surface area (TPSA) is 64.0 Å². The summed E-state index contributed by atoms with van der Waals surface area (Å²) in [5.41, 5.74) is -0.376. The first-order valence-corrected chi connectivity index (χ1v) is 5.86. The maximum absolute atomic E-state index is 11.8. The first kappa shape index (κ1) is 13.2. The number of carbonyl (C=O) groups is 1. The molecular weight excluding hydrogens is 297 g/mol. The predicted molar refractivity (Wildman–Crippen MR) is 64.6 cm³/mol. The van der Waals surface area contributed by atoms with Crippen LogP contribution in [0.2, 0.25) is 5.15 Å². The molecule has 0 bridgehead atoms. The van der Waals surface area contributed by atoms with Crippen LogP contribution in [0.15, 0.2) is 15.6 Å². The Bertz CT molecular complexity index is 461. The molecule has 0 fully saturated rings. The van der Waals surface area contributed by atoms with Crippen LogP contribution >= 0.6 is 27.5 Å². The summed E-state index contributed by atoms with van der Waals surface area (Å²) in [6.07, 6.45) is 1.26. The summed E-state index contributed by atoms with van der Waals surface area (Å²) in [6.45, 7) is 3.94. The molecule has 1 amide bonds. The van der Waals surface area contributed by atoms with Crippen molar-refractivity contribution in [3.63, 3.8) is 0 Å². The van der Waals surface area contributed by atoms with E-state index in [9.17, 15) is 9.59 Å². The molecule has 16 heavy (non-hydrogen) atoms. The quantitative estimate of drug-likeness (QED) is 0.858. The minimum Gasteiger partial charge on any atom is -0.355 e. The van der Waals surface area contributed by atoms with Gasteiger partial charge >= 0.3 is 0 Å². The fourth-order valence-corrected chi connectivity index (χ4v) is 1.58. The van der Waals surface area contributed by atoms with Gasteiger partial charge in [0.2, 0.25) is 5.91 Å². The lowest BCUT2D eigenvalue weighted by molar-refractivity contribution is -0.123. The van der Waals surface area contributed by atoms with E-state index >= 15 is 0 Å². The van der Waals surface area contributed by atoms with E-state index in [0.29, 0.717) is 6.54 Å². The number of nitrogens with zero attached hydrogens (tertiary/aromatic N) is 2. The highest BCUT2D eigenvalue weighted by Gasteiger charge is 2.17. The second-order valence-corrected chi connectivity index (χ2v) is 4.28. The van der Waals surface area contributed by atoms with Crippen LogP contribution in [-0.4, -0.2) is 22.0 Å². The van der Waals surface area contributed by atoms with E-state index in [0.717, 1.165) is 0 Å². The summed E-state index contributed by atoms with van der Waals surface area (Å²) in [6, 6.07) is -0.617. The molecule has 0 aliphatic rings. The van der Waals surface area contributed by atoms with Crippen LogP contribution in [0, 0.1) is 0 Å². The molecule has 1 unspecified atom stereocenters. The molecule has 1 heterocycles. The van der Waals surface area contributed by atoms with Gasteiger partial charge in [-0.05, 0) is 29.8 Å². The van der Waals surface area contributed by atoms with E-state index in [1.165, 1.54) is 10.9 Å². The number of likely N-dealkylation sites (N-methyl/N-ethyl adjacent to an activating group) is 1. The van der Waals surface area contributed by atoms with Gasteiger partial charge in [0.1, 0.15) is 10.5 Å². The van der Waals surface area contributed by atoms with Gasteiger partial charge in [-0.25, -0.2) is 4.98 Å². The second-order valence-electron chi connectivity index (χ2n) is 3.13. The summed E-state index contributed by atoms with van der Waals surface area (Å²) in [7, 11) is 0. The van der Waals surface area contributed by atoms with Gasteiger partial charge in [0.05, 0.1) is 6.33 Å². The second kappa shape index (κ2) is 5.45. The van der Waals surface area contributed by atoms with Crippen molar-refractivity contribution in [1.82, 2.24) is 14.9 Å². The van der Waals surface area contributed by atoms with Gasteiger partial charge in [-0.3, -0.25) is 14.2 Å². The SMILES string of the molecule is CCNC(=O)C(C)n1cnc(Cl)c(Br)c1=O. The zero-order valence-electron chi connectivity index (χ0n) is 8.83. The summed E-state index contributed by atoms with van der Waals surface area (Å²) >= 11 is 8.69. The van der Waals surface area contributed by atoms with Crippen LogP contribution in [0.1, 0.15) is 19.9 Å². The molecule has 0 spiro atoms. The maximum atomic E-state index is 11.8. The fraction of sp³-hybridized carbons (Fsp3) is 0.444. The molecule has 0 aliphatic heterocycles. The lowest BCUT2D eigenvalue weighted by Crippen LogP contribution is -2.36. The van der Waals surface area contributed by atoms with Crippen molar-refractivity contribution in [1.29, 1.82) is 0 Å². The Kier molecular flexibility index (Phi) is 4.49. The van der Waals surface area contributed by atoms with Crippen molar-refractivity contribution in [2.75, 3.05) is 6.54 Å². The lowest BCUT2D eigenvalue weighted by atomic mass is 10.3.